The Labute approximate surface area is 122 Å². The third kappa shape index (κ3) is 5.25. The van der Waals surface area contributed by atoms with Crippen molar-refractivity contribution in [3.8, 4) is 0 Å². The molecule has 116 valence electrons. The fourth-order valence-corrected chi connectivity index (χ4v) is 1.38. The first-order valence-electron chi connectivity index (χ1n) is 6.55. The molecule has 1 unspecified atom stereocenters. The maximum atomic E-state index is 11.6. The number of hydrogen-bond acceptors (Lipinski definition) is 4. The van der Waals surface area contributed by atoms with E-state index in [1.807, 2.05) is 5.32 Å². The molecule has 0 aromatic rings. The number of carbonyl (C=O) groups excluding carboxylic acids is 3. The average molecular weight is 297 g/mol. The molecule has 0 aliphatic heterocycles. The number of carboxylic acids is 1. The Hall–Kier alpha value is -2.38. The second kappa shape index (κ2) is 6.87. The van der Waals surface area contributed by atoms with Crippen molar-refractivity contribution in [3.05, 3.63) is 11.1 Å². The number of urea groups is 1. The van der Waals surface area contributed by atoms with Crippen LogP contribution in [0.25, 0.3) is 0 Å². The van der Waals surface area contributed by atoms with E-state index in [4.69, 9.17) is 5.11 Å². The molecule has 0 bridgehead atoms. The minimum absolute atomic E-state index is 0.0762. The van der Waals surface area contributed by atoms with Crippen LogP contribution in [0.15, 0.2) is 11.1 Å². The van der Waals surface area contributed by atoms with Gasteiger partial charge >= 0.3 is 12.0 Å². The van der Waals surface area contributed by atoms with Gasteiger partial charge in [0.1, 0.15) is 6.04 Å². The lowest BCUT2D eigenvalue weighted by atomic mass is 10.1. The number of carbonyl (C=O) groups is 4. The summed E-state index contributed by atoms with van der Waals surface area (Å²) < 4.78 is 0. The minimum Gasteiger partial charge on any atom is -0.478 e. The van der Waals surface area contributed by atoms with Crippen LogP contribution >= 0.6 is 0 Å². The first-order chi connectivity index (χ1) is 9.72. The predicted molar refractivity (Wildman–Crippen MR) is 73.3 cm³/mol. The molecule has 0 aromatic heterocycles. The molecule has 21 heavy (non-hydrogen) atoms. The van der Waals surface area contributed by atoms with Gasteiger partial charge in [0.15, 0.2) is 0 Å². The Morgan fingerprint density at radius 2 is 1.67 bits per heavy atom. The van der Waals surface area contributed by atoms with E-state index in [0.29, 0.717) is 0 Å². The summed E-state index contributed by atoms with van der Waals surface area (Å²) in [4.78, 5) is 45.6. The summed E-state index contributed by atoms with van der Waals surface area (Å²) in [6.45, 7) is 4.06. The molecule has 0 spiro atoms. The number of carboxylic acid groups (broad SMARTS) is 1. The topological polar surface area (TPSA) is 125 Å². The minimum atomic E-state index is -1.24. The second-order valence-corrected chi connectivity index (χ2v) is 4.99. The second-order valence-electron chi connectivity index (χ2n) is 4.99. The van der Waals surface area contributed by atoms with Crippen LogP contribution in [0.1, 0.15) is 33.6 Å². The van der Waals surface area contributed by atoms with Crippen LogP contribution in [0.4, 0.5) is 4.79 Å². The Bertz CT molecular complexity index is 508. The maximum Gasteiger partial charge on any atom is 0.331 e. The summed E-state index contributed by atoms with van der Waals surface area (Å²) in [5, 5.41) is 15.8. The molecular weight excluding hydrogens is 278 g/mol. The van der Waals surface area contributed by atoms with E-state index in [1.54, 1.807) is 0 Å². The van der Waals surface area contributed by atoms with Crippen LogP contribution in [0.2, 0.25) is 0 Å². The monoisotopic (exact) mass is 297 g/mol. The van der Waals surface area contributed by atoms with Gasteiger partial charge in [-0.15, -0.1) is 0 Å². The van der Waals surface area contributed by atoms with E-state index in [1.165, 1.54) is 20.8 Å². The van der Waals surface area contributed by atoms with E-state index in [9.17, 15) is 19.2 Å². The lowest BCUT2D eigenvalue weighted by Gasteiger charge is -2.14. The fraction of sp³-hybridized carbons (Fsp3) is 0.538. The third-order valence-corrected chi connectivity index (χ3v) is 3.12. The van der Waals surface area contributed by atoms with Gasteiger partial charge in [-0.25, -0.2) is 9.59 Å². The maximum absolute atomic E-state index is 11.6. The van der Waals surface area contributed by atoms with Crippen LogP contribution in [-0.4, -0.2) is 41.0 Å². The highest BCUT2D eigenvalue weighted by atomic mass is 16.4. The van der Waals surface area contributed by atoms with Gasteiger partial charge in [-0.3, -0.25) is 14.9 Å². The molecule has 1 atom stereocenters. The molecule has 1 saturated carbocycles. The van der Waals surface area contributed by atoms with Gasteiger partial charge < -0.3 is 15.7 Å². The number of nitrogens with one attached hydrogen (secondary N) is 3. The highest BCUT2D eigenvalue weighted by Gasteiger charge is 2.26. The summed E-state index contributed by atoms with van der Waals surface area (Å²) in [5.41, 5.74) is -0.229. The summed E-state index contributed by atoms with van der Waals surface area (Å²) in [6, 6.07) is -1.46. The Morgan fingerprint density at radius 3 is 2.14 bits per heavy atom. The van der Waals surface area contributed by atoms with Crippen molar-refractivity contribution >= 4 is 23.8 Å². The highest BCUT2D eigenvalue weighted by molar-refractivity contribution is 6.07. The standard InChI is InChI=1S/C13H19N3O5/c1-6(7(2)12(19)20)10(17)16-13(21)14-8(3)11(18)15-9-4-5-9/h8-9H,4-5H2,1-3H3,(H,15,18)(H,19,20)(H2,14,16,17,21). The lowest BCUT2D eigenvalue weighted by Crippen LogP contribution is -2.50. The third-order valence-electron chi connectivity index (χ3n) is 3.12. The molecule has 1 aliphatic carbocycles. The first kappa shape index (κ1) is 16.7. The molecule has 4 N–H and O–H groups in total. The predicted octanol–water partition coefficient (Wildman–Crippen LogP) is -0.0997. The van der Waals surface area contributed by atoms with Gasteiger partial charge in [-0.2, -0.15) is 0 Å². The van der Waals surface area contributed by atoms with Crippen LogP contribution in [0, 0.1) is 0 Å². The molecule has 0 saturated heterocycles. The number of rotatable bonds is 5. The molecule has 0 radical (unpaired) electrons. The molecule has 4 amide bonds. The van der Waals surface area contributed by atoms with Crippen molar-refractivity contribution in [3.63, 3.8) is 0 Å². The average Bonchev–Trinajstić information content (AvgIpc) is 3.20. The first-order valence-corrected chi connectivity index (χ1v) is 6.55. The smallest absolute Gasteiger partial charge is 0.331 e. The Balaban J connectivity index is 2.48. The number of imide groups is 1. The molecule has 1 rings (SSSR count). The molecule has 1 fully saturated rings. The summed E-state index contributed by atoms with van der Waals surface area (Å²) in [5.74, 6) is -2.38. The zero-order valence-corrected chi connectivity index (χ0v) is 12.1. The van der Waals surface area contributed by atoms with Crippen LogP contribution in [0.3, 0.4) is 0 Å². The van der Waals surface area contributed by atoms with Crippen LogP contribution in [0.5, 0.6) is 0 Å². The van der Waals surface area contributed by atoms with Gasteiger partial charge in [0.2, 0.25) is 5.91 Å². The normalized spacial score (nSPS) is 16.3. The molecule has 0 heterocycles. The fourth-order valence-electron chi connectivity index (χ4n) is 1.38. The van der Waals surface area contributed by atoms with Crippen molar-refractivity contribution in [2.45, 2.75) is 45.7 Å². The summed E-state index contributed by atoms with van der Waals surface area (Å²) >= 11 is 0. The summed E-state index contributed by atoms with van der Waals surface area (Å²) in [6.07, 6.45) is 1.86. The molecule has 8 nitrogen and oxygen atoms in total. The zero-order chi connectivity index (χ0) is 16.2. The van der Waals surface area contributed by atoms with Crippen molar-refractivity contribution < 1.29 is 24.3 Å². The van der Waals surface area contributed by atoms with Gasteiger partial charge in [0.25, 0.3) is 5.91 Å². The lowest BCUT2D eigenvalue weighted by molar-refractivity contribution is -0.133. The van der Waals surface area contributed by atoms with E-state index < -0.39 is 23.9 Å². The van der Waals surface area contributed by atoms with Crippen molar-refractivity contribution in [1.82, 2.24) is 16.0 Å². The Morgan fingerprint density at radius 1 is 1.10 bits per heavy atom. The van der Waals surface area contributed by atoms with E-state index >= 15 is 0 Å². The van der Waals surface area contributed by atoms with Crippen LogP contribution < -0.4 is 16.0 Å². The largest absolute Gasteiger partial charge is 0.478 e. The number of hydrogen-bond donors (Lipinski definition) is 4. The number of amides is 4. The van der Waals surface area contributed by atoms with Gasteiger partial charge in [0, 0.05) is 17.2 Å². The summed E-state index contributed by atoms with van der Waals surface area (Å²) in [7, 11) is 0. The van der Waals surface area contributed by atoms with E-state index in [2.05, 4.69) is 10.6 Å². The quantitative estimate of drug-likeness (QED) is 0.527. The SMILES string of the molecule is CC(C(=O)O)=C(C)C(=O)NC(=O)NC(C)C(=O)NC1CC1. The molecular formula is C13H19N3O5. The van der Waals surface area contributed by atoms with Crippen molar-refractivity contribution in [2.24, 2.45) is 0 Å². The molecule has 8 heteroatoms. The van der Waals surface area contributed by atoms with Crippen molar-refractivity contribution in [1.29, 1.82) is 0 Å². The van der Waals surface area contributed by atoms with Gasteiger partial charge in [0.05, 0.1) is 0 Å². The zero-order valence-electron chi connectivity index (χ0n) is 12.1. The van der Waals surface area contributed by atoms with Crippen molar-refractivity contribution in [2.75, 3.05) is 0 Å². The van der Waals surface area contributed by atoms with E-state index in [0.717, 1.165) is 12.8 Å². The number of aliphatic carboxylic acids is 1. The molecule has 0 aromatic carbocycles. The van der Waals surface area contributed by atoms with E-state index in [-0.39, 0.29) is 23.1 Å². The highest BCUT2D eigenvalue weighted by Crippen LogP contribution is 2.18. The Kier molecular flexibility index (Phi) is 5.45. The van der Waals surface area contributed by atoms with Gasteiger partial charge in [-0.05, 0) is 33.6 Å². The van der Waals surface area contributed by atoms with Gasteiger partial charge in [-0.1, -0.05) is 0 Å². The molecule has 1 aliphatic rings. The van der Waals surface area contributed by atoms with Crippen LogP contribution in [-0.2, 0) is 14.4 Å².